The number of rotatable bonds is 6. The van der Waals surface area contributed by atoms with Gasteiger partial charge in [0.05, 0.1) is 42.1 Å². The molecule has 9 rings (SSSR count). The van der Waals surface area contributed by atoms with Gasteiger partial charge in [0.25, 0.3) is 11.8 Å². The van der Waals surface area contributed by atoms with Gasteiger partial charge in [0.2, 0.25) is 5.91 Å². The van der Waals surface area contributed by atoms with Crippen LogP contribution in [-0.2, 0) is 32.9 Å². The summed E-state index contributed by atoms with van der Waals surface area (Å²) in [4.78, 5) is 60.6. The number of anilines is 4. The Hall–Kier alpha value is -5.13. The van der Waals surface area contributed by atoms with Crippen molar-refractivity contribution in [3.63, 3.8) is 0 Å². The minimum atomic E-state index is -3.10. The second-order valence-corrected chi connectivity index (χ2v) is 19.4. The molecule has 4 aliphatic heterocycles. The number of hydrogen-bond acceptors (Lipinski definition) is 6. The summed E-state index contributed by atoms with van der Waals surface area (Å²) in [5.41, 5.74) is 4.02. The molecule has 1 fully saturated rings. The van der Waals surface area contributed by atoms with Crippen LogP contribution >= 0.6 is 0 Å². The van der Waals surface area contributed by atoms with E-state index in [2.05, 4.69) is 0 Å². The molecule has 10 heteroatoms. The molecular formula is C43H41N3O6Si. The van der Waals surface area contributed by atoms with Crippen LogP contribution < -0.4 is 9.80 Å². The van der Waals surface area contributed by atoms with E-state index in [1.807, 2.05) is 129 Å². The molecule has 53 heavy (non-hydrogen) atoms. The first kappa shape index (κ1) is 33.7. The highest BCUT2D eigenvalue weighted by Gasteiger charge is 2.67. The molecule has 5 atom stereocenters. The number of aliphatic hydroxyl groups excluding tert-OH is 1. The van der Waals surface area contributed by atoms with Gasteiger partial charge in [-0.15, -0.1) is 0 Å². The van der Waals surface area contributed by atoms with Crippen LogP contribution in [0.15, 0.2) is 109 Å². The van der Waals surface area contributed by atoms with E-state index < -0.39 is 31.5 Å². The molecule has 4 aliphatic rings. The molecular weight excluding hydrogens is 683 g/mol. The molecule has 2 N–H and O–H groups in total. The maximum absolute atomic E-state index is 15.2. The number of ether oxygens (including phenoxy) is 1. The largest absolute Gasteiger partial charge is 0.432 e. The number of nitrogens with zero attached hydrogens (tertiary/aromatic N) is 3. The molecule has 0 radical (unpaired) electrons. The lowest BCUT2D eigenvalue weighted by atomic mass is 9.82. The number of carbonyl (C=O) groups is 3. The Morgan fingerprint density at radius 3 is 2.30 bits per heavy atom. The van der Waals surface area contributed by atoms with Crippen molar-refractivity contribution in [2.75, 3.05) is 16.4 Å². The van der Waals surface area contributed by atoms with Crippen LogP contribution in [-0.4, -0.2) is 59.6 Å². The van der Waals surface area contributed by atoms with Crippen LogP contribution in [0.3, 0.4) is 0 Å². The lowest BCUT2D eigenvalue weighted by Crippen LogP contribution is -2.48. The highest BCUT2D eigenvalue weighted by atomic mass is 28.4. The predicted octanol–water partition coefficient (Wildman–Crippen LogP) is 6.94. The third-order valence-corrected chi connectivity index (χ3v) is 14.5. The number of benzene rings is 5. The minimum absolute atomic E-state index is 0.0536. The van der Waals surface area contributed by atoms with E-state index >= 15 is 4.79 Å². The van der Waals surface area contributed by atoms with Crippen molar-refractivity contribution in [3.05, 3.63) is 131 Å². The minimum Gasteiger partial charge on any atom is -0.432 e. The van der Waals surface area contributed by atoms with Crippen molar-refractivity contribution in [2.45, 2.75) is 62.7 Å². The number of para-hydroxylation sites is 1. The molecule has 0 bridgehead atoms. The Bertz CT molecular complexity index is 2320. The van der Waals surface area contributed by atoms with Gasteiger partial charge in [0, 0.05) is 40.3 Å². The molecule has 0 saturated carbocycles. The van der Waals surface area contributed by atoms with Crippen molar-refractivity contribution in [1.29, 1.82) is 0 Å². The summed E-state index contributed by atoms with van der Waals surface area (Å²) >= 11 is 0. The van der Waals surface area contributed by atoms with Gasteiger partial charge in [-0.1, -0.05) is 73.7 Å². The summed E-state index contributed by atoms with van der Waals surface area (Å²) in [5, 5.41) is 12.2. The first-order valence-electron chi connectivity index (χ1n) is 18.3. The molecule has 0 unspecified atom stereocenters. The van der Waals surface area contributed by atoms with E-state index in [1.54, 1.807) is 14.7 Å². The Kier molecular flexibility index (Phi) is 7.76. The van der Waals surface area contributed by atoms with Gasteiger partial charge >= 0.3 is 0 Å². The number of aliphatic hydroxyl groups is 1. The Morgan fingerprint density at radius 2 is 1.57 bits per heavy atom. The average molecular weight is 724 g/mol. The normalized spacial score (nSPS) is 24.7. The Labute approximate surface area is 309 Å². The zero-order chi connectivity index (χ0) is 36.8. The van der Waals surface area contributed by atoms with Crippen LogP contribution in [0.25, 0.3) is 10.8 Å². The first-order chi connectivity index (χ1) is 25.5. The van der Waals surface area contributed by atoms with Crippen LogP contribution in [0.1, 0.15) is 40.4 Å². The van der Waals surface area contributed by atoms with E-state index in [1.165, 1.54) is 0 Å². The molecule has 268 valence electrons. The van der Waals surface area contributed by atoms with E-state index in [0.717, 1.165) is 27.6 Å². The highest BCUT2D eigenvalue weighted by molar-refractivity contribution is 6.71. The van der Waals surface area contributed by atoms with Crippen molar-refractivity contribution in [3.8, 4) is 0 Å². The lowest BCUT2D eigenvalue weighted by Gasteiger charge is -2.37. The third kappa shape index (κ3) is 4.96. The van der Waals surface area contributed by atoms with Crippen molar-refractivity contribution in [2.24, 2.45) is 5.92 Å². The van der Waals surface area contributed by atoms with E-state index in [4.69, 9.17) is 4.74 Å². The zero-order valence-electron chi connectivity index (χ0n) is 29.9. The van der Waals surface area contributed by atoms with Crippen molar-refractivity contribution in [1.82, 2.24) is 4.90 Å². The molecule has 5 aromatic carbocycles. The van der Waals surface area contributed by atoms with Crippen molar-refractivity contribution >= 4 is 59.6 Å². The second-order valence-electron chi connectivity index (χ2n) is 15.4. The maximum atomic E-state index is 15.2. The molecule has 1 spiro atoms. The zero-order valence-corrected chi connectivity index (χ0v) is 30.9. The summed E-state index contributed by atoms with van der Waals surface area (Å²) in [6.07, 6.45) is -0.285. The molecule has 4 heterocycles. The van der Waals surface area contributed by atoms with Gasteiger partial charge in [0.1, 0.15) is 0 Å². The second kappa shape index (κ2) is 12.2. The highest BCUT2D eigenvalue weighted by Crippen LogP contribution is 2.61. The summed E-state index contributed by atoms with van der Waals surface area (Å²) in [6.45, 7) is 5.82. The number of hydrogen-bond donors (Lipinski definition) is 2. The quantitative estimate of drug-likeness (QED) is 0.184. The summed E-state index contributed by atoms with van der Waals surface area (Å²) in [7, 11) is -3.10. The maximum Gasteiger partial charge on any atom is 0.268 e. The molecule has 3 amide bonds. The average Bonchev–Trinajstić information content (AvgIpc) is 3.72. The van der Waals surface area contributed by atoms with E-state index in [9.17, 15) is 19.5 Å². The summed E-state index contributed by atoms with van der Waals surface area (Å²) < 4.78 is 7.09. The fraction of sp³-hybridized carbons (Fsp3) is 0.279. The van der Waals surface area contributed by atoms with Gasteiger partial charge in [0.15, 0.2) is 13.9 Å². The SMILES string of the molecule is C[C@@H]1[C@@H]([Si](C)(C)O)[C@H](CC(=O)N2Cc3ccccc3C[C@H]2CO)O[C@@]12C(=O)N(c1ccccc1)c1ccc(N3C(=O)c4cccc5cccc3c45)cc12. The van der Waals surface area contributed by atoms with E-state index in [-0.39, 0.29) is 36.8 Å². The number of fused-ring (bicyclic) bond motifs is 3. The third-order valence-electron chi connectivity index (χ3n) is 12.0. The number of carbonyl (C=O) groups excluding carboxylic acids is 3. The van der Waals surface area contributed by atoms with E-state index in [0.29, 0.717) is 41.2 Å². The van der Waals surface area contributed by atoms with Crippen LogP contribution in [0.2, 0.25) is 18.6 Å². The van der Waals surface area contributed by atoms with Crippen LogP contribution in [0.4, 0.5) is 22.7 Å². The molecule has 9 nitrogen and oxygen atoms in total. The van der Waals surface area contributed by atoms with Crippen LogP contribution in [0.5, 0.6) is 0 Å². The van der Waals surface area contributed by atoms with Gasteiger partial charge in [-0.25, -0.2) is 0 Å². The monoisotopic (exact) mass is 723 g/mol. The fourth-order valence-corrected chi connectivity index (χ4v) is 12.2. The van der Waals surface area contributed by atoms with Gasteiger partial charge in [-0.3, -0.25) is 24.2 Å². The lowest BCUT2D eigenvalue weighted by molar-refractivity contribution is -0.150. The predicted molar refractivity (Wildman–Crippen MR) is 206 cm³/mol. The Morgan fingerprint density at radius 1 is 0.849 bits per heavy atom. The standard InChI is InChI=1S/C43H41N3O6Si/c1-26-40(53(2,3)51)37(23-38(48)44-24-29-12-8-7-11-28(29)21-32(44)25-47)52-43(26)34-22-31(19-20-35(34)46(42(43)50)30-15-5-4-6-16-30)45-36-18-10-14-27-13-9-17-33(39(27)36)41(45)49/h4-20,22,26,32,37,40,47,51H,21,23-25H2,1-3H3/t26-,32+,37+,40-,43+/m1/s1. The number of amides is 3. The summed E-state index contributed by atoms with van der Waals surface area (Å²) in [5.74, 6) is -1.15. The molecule has 0 aromatic heterocycles. The molecule has 1 saturated heterocycles. The first-order valence-corrected chi connectivity index (χ1v) is 21.3. The fourth-order valence-electron chi connectivity index (χ4n) is 9.67. The molecule has 5 aromatic rings. The van der Waals surface area contributed by atoms with Gasteiger partial charge < -0.3 is 19.5 Å². The van der Waals surface area contributed by atoms with Gasteiger partial charge in [-0.05, 0) is 78.5 Å². The smallest absolute Gasteiger partial charge is 0.268 e. The van der Waals surface area contributed by atoms with Gasteiger partial charge in [-0.2, -0.15) is 0 Å². The Balaban J connectivity index is 1.15. The summed E-state index contributed by atoms with van der Waals surface area (Å²) in [6, 6.07) is 34.2. The van der Waals surface area contributed by atoms with Crippen molar-refractivity contribution < 1.29 is 29.0 Å². The molecule has 0 aliphatic carbocycles. The van der Waals surface area contributed by atoms with Crippen LogP contribution in [0, 0.1) is 5.92 Å². The topological polar surface area (TPSA) is 111 Å².